The van der Waals surface area contributed by atoms with Crippen molar-refractivity contribution in [2.45, 2.75) is 51.6 Å². The zero-order valence-corrected chi connectivity index (χ0v) is 15.1. The number of hydrogen-bond donors (Lipinski definition) is 0. The fourth-order valence-electron chi connectivity index (χ4n) is 3.52. The predicted octanol–water partition coefficient (Wildman–Crippen LogP) is 3.21. The van der Waals surface area contributed by atoms with Crippen LogP contribution in [0.1, 0.15) is 36.8 Å². The molecule has 1 aromatic heterocycles. The van der Waals surface area contributed by atoms with Crippen LogP contribution in [0.15, 0.2) is 36.7 Å². The lowest BCUT2D eigenvalue weighted by Gasteiger charge is -2.24. The predicted molar refractivity (Wildman–Crippen MR) is 97.6 cm³/mol. The van der Waals surface area contributed by atoms with Gasteiger partial charge in [-0.2, -0.15) is 5.10 Å². The van der Waals surface area contributed by atoms with Crippen LogP contribution in [0.3, 0.4) is 0 Å². The van der Waals surface area contributed by atoms with E-state index < -0.39 is 0 Å². The van der Waals surface area contributed by atoms with E-state index in [0.29, 0.717) is 6.42 Å². The number of nitrogens with zero attached hydrogens (tertiary/aromatic N) is 3. The van der Waals surface area contributed by atoms with Gasteiger partial charge in [-0.3, -0.25) is 9.48 Å². The first-order chi connectivity index (χ1) is 12.2. The van der Waals surface area contributed by atoms with Gasteiger partial charge in [0, 0.05) is 19.2 Å². The third-order valence-corrected chi connectivity index (χ3v) is 4.87. The van der Waals surface area contributed by atoms with E-state index in [0.717, 1.165) is 50.1 Å². The molecule has 0 unspecified atom stereocenters. The molecule has 1 atom stereocenters. The Morgan fingerprint density at radius 2 is 2.12 bits per heavy atom. The summed E-state index contributed by atoms with van der Waals surface area (Å²) in [6.07, 6.45) is 8.50. The number of carbonyl (C=O) groups excluding carboxylic acids is 1. The molecule has 2 aromatic rings. The smallest absolute Gasteiger partial charge is 0.222 e. The number of rotatable bonds is 7. The highest BCUT2D eigenvalue weighted by Gasteiger charge is 2.28. The molecule has 1 aromatic carbocycles. The Kier molecular flexibility index (Phi) is 5.74. The average molecular weight is 341 g/mol. The molecule has 1 aliphatic heterocycles. The highest BCUT2D eigenvalue weighted by Crippen LogP contribution is 2.21. The minimum absolute atomic E-state index is 0.278. The van der Waals surface area contributed by atoms with Crippen molar-refractivity contribution in [2.75, 3.05) is 13.7 Å². The van der Waals surface area contributed by atoms with Gasteiger partial charge < -0.3 is 9.64 Å². The molecule has 0 aliphatic carbocycles. The van der Waals surface area contributed by atoms with Crippen molar-refractivity contribution >= 4 is 5.91 Å². The van der Waals surface area contributed by atoms with Crippen molar-refractivity contribution in [1.29, 1.82) is 0 Å². The van der Waals surface area contributed by atoms with E-state index in [1.165, 1.54) is 5.56 Å². The van der Waals surface area contributed by atoms with Gasteiger partial charge in [0.05, 0.1) is 25.9 Å². The SMILES string of the molecule is COc1ccc(CCCC(=O)N2CCC[C@@H]2Cn2cc(C)cn2)cc1. The van der Waals surface area contributed by atoms with Crippen LogP contribution in [-0.4, -0.2) is 40.3 Å². The lowest BCUT2D eigenvalue weighted by Crippen LogP contribution is -2.38. The maximum absolute atomic E-state index is 12.6. The number of methoxy groups -OCH3 is 1. The molecule has 5 heteroatoms. The largest absolute Gasteiger partial charge is 0.497 e. The van der Waals surface area contributed by atoms with Gasteiger partial charge in [0.15, 0.2) is 0 Å². The van der Waals surface area contributed by atoms with E-state index >= 15 is 0 Å². The lowest BCUT2D eigenvalue weighted by molar-refractivity contribution is -0.132. The second-order valence-electron chi connectivity index (χ2n) is 6.82. The highest BCUT2D eigenvalue weighted by molar-refractivity contribution is 5.76. The number of ether oxygens (including phenoxy) is 1. The van der Waals surface area contributed by atoms with Crippen LogP contribution in [0.2, 0.25) is 0 Å². The van der Waals surface area contributed by atoms with Crippen LogP contribution < -0.4 is 4.74 Å². The van der Waals surface area contributed by atoms with Gasteiger partial charge in [-0.15, -0.1) is 0 Å². The first-order valence-corrected chi connectivity index (χ1v) is 9.07. The van der Waals surface area contributed by atoms with Crippen molar-refractivity contribution < 1.29 is 9.53 Å². The Balaban J connectivity index is 1.47. The van der Waals surface area contributed by atoms with E-state index in [9.17, 15) is 4.79 Å². The third-order valence-electron chi connectivity index (χ3n) is 4.87. The molecule has 0 saturated carbocycles. The fraction of sp³-hybridized carbons (Fsp3) is 0.500. The zero-order valence-electron chi connectivity index (χ0n) is 15.1. The van der Waals surface area contributed by atoms with Gasteiger partial charge >= 0.3 is 0 Å². The molecule has 0 radical (unpaired) electrons. The van der Waals surface area contributed by atoms with Gasteiger partial charge in [-0.25, -0.2) is 0 Å². The Morgan fingerprint density at radius 3 is 2.80 bits per heavy atom. The number of aryl methyl sites for hydroxylation is 2. The Hall–Kier alpha value is -2.30. The summed E-state index contributed by atoms with van der Waals surface area (Å²) in [4.78, 5) is 14.7. The number of benzene rings is 1. The number of carbonyl (C=O) groups is 1. The van der Waals surface area contributed by atoms with Crippen molar-refractivity contribution in [3.63, 3.8) is 0 Å². The number of hydrogen-bond acceptors (Lipinski definition) is 3. The minimum Gasteiger partial charge on any atom is -0.497 e. The number of aromatic nitrogens is 2. The Morgan fingerprint density at radius 1 is 1.32 bits per heavy atom. The summed E-state index contributed by atoms with van der Waals surface area (Å²) in [6, 6.07) is 8.37. The van der Waals surface area contributed by atoms with E-state index in [2.05, 4.69) is 22.1 Å². The lowest BCUT2D eigenvalue weighted by atomic mass is 10.1. The summed E-state index contributed by atoms with van der Waals surface area (Å²) >= 11 is 0. The van der Waals surface area contributed by atoms with Gasteiger partial charge in [0.25, 0.3) is 0 Å². The molecule has 2 heterocycles. The summed E-state index contributed by atoms with van der Waals surface area (Å²) in [7, 11) is 1.67. The molecule has 3 rings (SSSR count). The van der Waals surface area contributed by atoms with Crippen LogP contribution >= 0.6 is 0 Å². The molecule has 5 nitrogen and oxygen atoms in total. The number of likely N-dealkylation sites (tertiary alicyclic amines) is 1. The van der Waals surface area contributed by atoms with Crippen LogP contribution in [0.5, 0.6) is 5.75 Å². The van der Waals surface area contributed by atoms with E-state index in [1.54, 1.807) is 7.11 Å². The molecule has 25 heavy (non-hydrogen) atoms. The molecule has 1 saturated heterocycles. The van der Waals surface area contributed by atoms with Crippen molar-refractivity contribution in [1.82, 2.24) is 14.7 Å². The zero-order chi connectivity index (χ0) is 17.6. The van der Waals surface area contributed by atoms with E-state index in [-0.39, 0.29) is 11.9 Å². The summed E-state index contributed by atoms with van der Waals surface area (Å²) < 4.78 is 7.13. The topological polar surface area (TPSA) is 47.4 Å². The standard InChI is InChI=1S/C20H27N3O2/c1-16-13-21-22(14-16)15-18-6-4-12-23(18)20(24)7-3-5-17-8-10-19(25-2)11-9-17/h8-11,13-14,18H,3-7,12,15H2,1-2H3/t18-/m1/s1. The summed E-state index contributed by atoms with van der Waals surface area (Å²) in [5.41, 5.74) is 2.41. The Bertz CT molecular complexity index is 693. The molecule has 1 aliphatic rings. The van der Waals surface area contributed by atoms with Crippen LogP contribution in [-0.2, 0) is 17.8 Å². The van der Waals surface area contributed by atoms with Crippen LogP contribution in [0.4, 0.5) is 0 Å². The molecular weight excluding hydrogens is 314 g/mol. The first kappa shape index (κ1) is 17.5. The van der Waals surface area contributed by atoms with Crippen molar-refractivity contribution in [3.8, 4) is 5.75 Å². The molecule has 0 N–H and O–H groups in total. The molecular formula is C20H27N3O2. The number of amides is 1. The fourth-order valence-corrected chi connectivity index (χ4v) is 3.52. The normalized spacial score (nSPS) is 17.0. The first-order valence-electron chi connectivity index (χ1n) is 9.07. The van der Waals surface area contributed by atoms with Crippen LogP contribution in [0.25, 0.3) is 0 Å². The maximum Gasteiger partial charge on any atom is 0.222 e. The third kappa shape index (κ3) is 4.62. The van der Waals surface area contributed by atoms with E-state index in [1.807, 2.05) is 36.1 Å². The average Bonchev–Trinajstić information content (AvgIpc) is 3.25. The molecule has 1 amide bonds. The summed E-state index contributed by atoms with van der Waals surface area (Å²) in [5, 5.41) is 4.36. The van der Waals surface area contributed by atoms with Gasteiger partial charge in [0.2, 0.25) is 5.91 Å². The monoisotopic (exact) mass is 341 g/mol. The minimum atomic E-state index is 0.278. The Labute approximate surface area is 149 Å². The summed E-state index contributed by atoms with van der Waals surface area (Å²) in [5.74, 6) is 1.15. The molecule has 0 spiro atoms. The second-order valence-corrected chi connectivity index (χ2v) is 6.82. The van der Waals surface area contributed by atoms with Crippen molar-refractivity contribution in [2.24, 2.45) is 0 Å². The molecule has 134 valence electrons. The van der Waals surface area contributed by atoms with Gasteiger partial charge in [-0.05, 0) is 55.9 Å². The molecule has 1 fully saturated rings. The maximum atomic E-state index is 12.6. The van der Waals surface area contributed by atoms with Gasteiger partial charge in [0.1, 0.15) is 5.75 Å². The second kappa shape index (κ2) is 8.19. The van der Waals surface area contributed by atoms with Crippen molar-refractivity contribution in [3.05, 3.63) is 47.8 Å². The van der Waals surface area contributed by atoms with Crippen LogP contribution in [0, 0.1) is 6.92 Å². The quantitative estimate of drug-likeness (QED) is 0.777. The van der Waals surface area contributed by atoms with Gasteiger partial charge in [-0.1, -0.05) is 12.1 Å². The van der Waals surface area contributed by atoms with E-state index in [4.69, 9.17) is 4.74 Å². The molecule has 0 bridgehead atoms. The highest BCUT2D eigenvalue weighted by atomic mass is 16.5. The summed E-state index contributed by atoms with van der Waals surface area (Å²) in [6.45, 7) is 3.73.